The van der Waals surface area contributed by atoms with Crippen LogP contribution in [0.25, 0.3) is 11.1 Å². The van der Waals surface area contributed by atoms with Crippen LogP contribution in [-0.4, -0.2) is 50.1 Å². The molecule has 0 unspecified atom stereocenters. The first-order valence-electron chi connectivity index (χ1n) is 8.57. The number of fused-ring (bicyclic) bond motifs is 3. The highest BCUT2D eigenvalue weighted by molar-refractivity contribution is 7.92. The summed E-state index contributed by atoms with van der Waals surface area (Å²) in [4.78, 5) is 13.6. The van der Waals surface area contributed by atoms with E-state index < -0.39 is 20.7 Å². The summed E-state index contributed by atoms with van der Waals surface area (Å²) in [6.45, 7) is -0.139. The largest absolute Gasteiger partial charge is 0.448 e. The van der Waals surface area contributed by atoms with E-state index in [1.165, 1.54) is 4.90 Å². The fourth-order valence-electron chi connectivity index (χ4n) is 3.77. The van der Waals surface area contributed by atoms with Gasteiger partial charge in [-0.25, -0.2) is 13.2 Å². The van der Waals surface area contributed by atoms with E-state index in [-0.39, 0.29) is 25.6 Å². The highest BCUT2D eigenvalue weighted by atomic mass is 32.2. The number of carbonyl (C=O) groups excluding carboxylic acids is 1. The lowest BCUT2D eigenvalue weighted by molar-refractivity contribution is 0.0707. The average Bonchev–Trinajstić information content (AvgIpc) is 2.92. The quantitative estimate of drug-likeness (QED) is 0.814. The molecular weight excluding hydrogens is 364 g/mol. The fraction of sp³-hybridized carbons (Fsp3) is 0.300. The van der Waals surface area contributed by atoms with Crippen molar-refractivity contribution in [2.75, 3.05) is 26.0 Å². The Kier molecular flexibility index (Phi) is 3.97. The number of carbonyl (C=O) groups is 1. The Labute approximate surface area is 157 Å². The summed E-state index contributed by atoms with van der Waals surface area (Å²) in [6, 6.07) is 17.9. The zero-order valence-electron chi connectivity index (χ0n) is 14.8. The van der Waals surface area contributed by atoms with Crippen molar-refractivity contribution in [3.05, 3.63) is 59.7 Å². The number of nitriles is 1. The number of nitrogens with zero attached hydrogens (tertiary/aromatic N) is 2. The van der Waals surface area contributed by atoms with Crippen molar-refractivity contribution in [2.45, 2.75) is 10.7 Å². The second kappa shape index (κ2) is 6.10. The second-order valence-corrected chi connectivity index (χ2v) is 9.36. The second-order valence-electron chi connectivity index (χ2n) is 7.04. The van der Waals surface area contributed by atoms with Gasteiger partial charge in [-0.3, -0.25) is 0 Å². The predicted molar refractivity (Wildman–Crippen MR) is 99.8 cm³/mol. The number of likely N-dealkylation sites (tertiary alicyclic amines) is 1. The predicted octanol–water partition coefficient (Wildman–Crippen LogP) is 2.56. The SMILES string of the molecule is CS(=O)(=O)C1(C#N)CN(C(=O)OCC2c3ccccc3-c3ccccc32)C1. The van der Waals surface area contributed by atoms with Gasteiger partial charge in [-0.1, -0.05) is 48.5 Å². The van der Waals surface area contributed by atoms with Crippen molar-refractivity contribution < 1.29 is 17.9 Å². The van der Waals surface area contributed by atoms with Crippen LogP contribution in [0.3, 0.4) is 0 Å². The van der Waals surface area contributed by atoms with Crippen molar-refractivity contribution >= 4 is 15.9 Å². The average molecular weight is 382 g/mol. The van der Waals surface area contributed by atoms with Gasteiger partial charge in [0.15, 0.2) is 14.6 Å². The van der Waals surface area contributed by atoms with Crippen LogP contribution in [0.2, 0.25) is 0 Å². The van der Waals surface area contributed by atoms with Gasteiger partial charge in [-0.2, -0.15) is 5.26 Å². The highest BCUT2D eigenvalue weighted by Gasteiger charge is 2.54. The molecule has 27 heavy (non-hydrogen) atoms. The molecule has 1 aliphatic heterocycles. The molecule has 0 atom stereocenters. The summed E-state index contributed by atoms with van der Waals surface area (Å²) in [5, 5.41) is 9.18. The van der Waals surface area contributed by atoms with Crippen LogP contribution in [0.4, 0.5) is 4.79 Å². The van der Waals surface area contributed by atoms with Gasteiger partial charge in [-0.05, 0) is 22.3 Å². The molecule has 0 spiro atoms. The van der Waals surface area contributed by atoms with Crippen LogP contribution in [0.5, 0.6) is 0 Å². The summed E-state index contributed by atoms with van der Waals surface area (Å²) in [7, 11) is -3.57. The maximum absolute atomic E-state index is 12.3. The Balaban J connectivity index is 1.48. The molecule has 2 aromatic carbocycles. The third-order valence-electron chi connectivity index (χ3n) is 5.40. The van der Waals surface area contributed by atoms with Gasteiger partial charge in [0.2, 0.25) is 0 Å². The van der Waals surface area contributed by atoms with Crippen molar-refractivity contribution in [1.29, 1.82) is 5.26 Å². The zero-order valence-corrected chi connectivity index (χ0v) is 15.6. The fourth-order valence-corrected chi connectivity index (χ4v) is 4.72. The van der Waals surface area contributed by atoms with Gasteiger partial charge in [0.1, 0.15) is 6.61 Å². The van der Waals surface area contributed by atoms with E-state index in [1.54, 1.807) is 0 Å². The summed E-state index contributed by atoms with van der Waals surface area (Å²) >= 11 is 0. The van der Waals surface area contributed by atoms with Crippen LogP contribution >= 0.6 is 0 Å². The van der Waals surface area contributed by atoms with Gasteiger partial charge in [0, 0.05) is 12.2 Å². The third-order valence-corrected chi connectivity index (χ3v) is 7.17. The summed E-state index contributed by atoms with van der Waals surface area (Å²) in [6.07, 6.45) is 0.428. The van der Waals surface area contributed by atoms with E-state index in [4.69, 9.17) is 4.74 Å². The molecule has 0 radical (unpaired) electrons. The zero-order chi connectivity index (χ0) is 19.2. The normalized spacial score (nSPS) is 17.4. The van der Waals surface area contributed by atoms with E-state index in [1.807, 2.05) is 42.5 Å². The Bertz CT molecular complexity index is 1020. The lowest BCUT2D eigenvalue weighted by atomic mass is 9.98. The summed E-state index contributed by atoms with van der Waals surface area (Å²) in [5.74, 6) is -0.0572. The topological polar surface area (TPSA) is 87.5 Å². The van der Waals surface area contributed by atoms with Crippen molar-refractivity contribution in [1.82, 2.24) is 4.90 Å². The molecular formula is C20H18N2O4S. The van der Waals surface area contributed by atoms with Crippen LogP contribution in [-0.2, 0) is 14.6 Å². The molecule has 6 nitrogen and oxygen atoms in total. The molecule has 1 heterocycles. The van der Waals surface area contributed by atoms with Crippen molar-refractivity contribution in [3.63, 3.8) is 0 Å². The van der Waals surface area contributed by atoms with Gasteiger partial charge < -0.3 is 9.64 Å². The monoisotopic (exact) mass is 382 g/mol. The van der Waals surface area contributed by atoms with Gasteiger partial charge in [0.05, 0.1) is 19.2 Å². The van der Waals surface area contributed by atoms with Gasteiger partial charge >= 0.3 is 6.09 Å². The number of amides is 1. The molecule has 0 aromatic heterocycles. The maximum atomic E-state index is 12.3. The van der Waals surface area contributed by atoms with Crippen LogP contribution < -0.4 is 0 Å². The minimum atomic E-state index is -3.57. The minimum Gasteiger partial charge on any atom is -0.448 e. The number of benzene rings is 2. The van der Waals surface area contributed by atoms with Crippen molar-refractivity contribution in [3.8, 4) is 17.2 Å². The number of hydrogen-bond donors (Lipinski definition) is 0. The molecule has 0 N–H and O–H groups in total. The number of rotatable bonds is 3. The molecule has 1 amide bonds. The van der Waals surface area contributed by atoms with E-state index in [0.29, 0.717) is 0 Å². The molecule has 1 saturated heterocycles. The molecule has 7 heteroatoms. The smallest absolute Gasteiger partial charge is 0.409 e. The van der Waals surface area contributed by atoms with Gasteiger partial charge in [0.25, 0.3) is 0 Å². The Morgan fingerprint density at radius 1 is 1.15 bits per heavy atom. The molecule has 4 rings (SSSR count). The first-order chi connectivity index (χ1) is 12.9. The number of ether oxygens (including phenoxy) is 1. The summed E-state index contributed by atoms with van der Waals surface area (Å²) in [5.41, 5.74) is 4.49. The Morgan fingerprint density at radius 2 is 1.67 bits per heavy atom. The van der Waals surface area contributed by atoms with Gasteiger partial charge in [-0.15, -0.1) is 0 Å². The molecule has 138 valence electrons. The number of hydrogen-bond acceptors (Lipinski definition) is 5. The number of sulfone groups is 1. The molecule has 2 aromatic rings. The lowest BCUT2D eigenvalue weighted by Crippen LogP contribution is -2.66. The molecule has 0 saturated carbocycles. The Morgan fingerprint density at radius 3 is 2.15 bits per heavy atom. The molecule has 2 aliphatic rings. The highest BCUT2D eigenvalue weighted by Crippen LogP contribution is 2.44. The van der Waals surface area contributed by atoms with Crippen LogP contribution in [0, 0.1) is 11.3 Å². The van der Waals surface area contributed by atoms with Crippen LogP contribution in [0.15, 0.2) is 48.5 Å². The van der Waals surface area contributed by atoms with E-state index >= 15 is 0 Å². The van der Waals surface area contributed by atoms with E-state index in [9.17, 15) is 18.5 Å². The molecule has 0 bridgehead atoms. The molecule has 1 aliphatic carbocycles. The lowest BCUT2D eigenvalue weighted by Gasteiger charge is -2.42. The molecule has 1 fully saturated rings. The maximum Gasteiger partial charge on any atom is 0.409 e. The van der Waals surface area contributed by atoms with Crippen molar-refractivity contribution in [2.24, 2.45) is 0 Å². The standard InChI is InChI=1S/C20H18N2O4S/c1-27(24,25)20(11-21)12-22(13-20)19(23)26-10-18-16-8-4-2-6-14(16)15-7-3-5-9-17(15)18/h2-9,18H,10,12-13H2,1H3. The first kappa shape index (κ1) is 17.6. The van der Waals surface area contributed by atoms with Crippen LogP contribution in [0.1, 0.15) is 17.0 Å². The Hall–Kier alpha value is -2.85. The summed E-state index contributed by atoms with van der Waals surface area (Å²) < 4.78 is 27.5. The minimum absolute atomic E-state index is 0.0572. The first-order valence-corrected chi connectivity index (χ1v) is 10.5. The van der Waals surface area contributed by atoms with E-state index in [0.717, 1.165) is 28.5 Å². The van der Waals surface area contributed by atoms with E-state index in [2.05, 4.69) is 12.1 Å². The third kappa shape index (κ3) is 2.68.